The van der Waals surface area contributed by atoms with Crippen LogP contribution in [0.4, 0.5) is 0 Å². The second kappa shape index (κ2) is 11.7. The number of carbonyl (C=O) groups is 1. The SMILES string of the molecule is COc1cccc(CN2CCC(c3nc(C)ccc3C(=O)NCCN3CCCC3)CC2)c1OC. The van der Waals surface area contributed by atoms with Gasteiger partial charge in [-0.3, -0.25) is 14.7 Å². The Bertz CT molecular complexity index is 966. The Kier molecular flexibility index (Phi) is 8.40. The molecule has 184 valence electrons. The predicted molar refractivity (Wildman–Crippen MR) is 134 cm³/mol. The van der Waals surface area contributed by atoms with Gasteiger partial charge in [0.1, 0.15) is 0 Å². The zero-order valence-corrected chi connectivity index (χ0v) is 20.8. The molecule has 2 aliphatic rings. The Morgan fingerprint density at radius 1 is 1.03 bits per heavy atom. The first kappa shape index (κ1) is 24.5. The number of para-hydroxylation sites is 1. The highest BCUT2D eigenvalue weighted by Crippen LogP contribution is 2.34. The van der Waals surface area contributed by atoms with E-state index in [1.807, 2.05) is 31.2 Å². The van der Waals surface area contributed by atoms with E-state index in [1.165, 1.54) is 12.8 Å². The first-order valence-corrected chi connectivity index (χ1v) is 12.5. The fraction of sp³-hybridized carbons (Fsp3) is 0.556. The molecule has 1 aromatic carbocycles. The molecule has 0 atom stereocenters. The maximum Gasteiger partial charge on any atom is 0.253 e. The Hall–Kier alpha value is -2.64. The third-order valence-electron chi connectivity index (χ3n) is 7.07. The Balaban J connectivity index is 1.37. The fourth-order valence-electron chi connectivity index (χ4n) is 5.19. The Morgan fingerprint density at radius 2 is 1.79 bits per heavy atom. The molecule has 2 aromatic rings. The number of hydrogen-bond acceptors (Lipinski definition) is 6. The number of ether oxygens (including phenoxy) is 2. The smallest absolute Gasteiger partial charge is 0.253 e. The van der Waals surface area contributed by atoms with Crippen molar-refractivity contribution in [3.05, 3.63) is 52.8 Å². The zero-order chi connectivity index (χ0) is 23.9. The van der Waals surface area contributed by atoms with Crippen molar-refractivity contribution in [2.75, 3.05) is 53.5 Å². The molecule has 2 fully saturated rings. The van der Waals surface area contributed by atoms with Gasteiger partial charge in [-0.25, -0.2) is 0 Å². The largest absolute Gasteiger partial charge is 0.493 e. The number of nitrogens with zero attached hydrogens (tertiary/aromatic N) is 3. The van der Waals surface area contributed by atoms with Crippen LogP contribution in [0.15, 0.2) is 30.3 Å². The number of methoxy groups -OCH3 is 2. The van der Waals surface area contributed by atoms with Crippen LogP contribution < -0.4 is 14.8 Å². The number of likely N-dealkylation sites (tertiary alicyclic amines) is 2. The third kappa shape index (κ3) is 5.88. The summed E-state index contributed by atoms with van der Waals surface area (Å²) in [6, 6.07) is 9.93. The monoisotopic (exact) mass is 466 g/mol. The molecule has 2 saturated heterocycles. The second-order valence-corrected chi connectivity index (χ2v) is 9.39. The number of piperidine rings is 1. The molecule has 3 heterocycles. The normalized spacial score (nSPS) is 17.6. The summed E-state index contributed by atoms with van der Waals surface area (Å²) in [5, 5.41) is 3.13. The number of benzene rings is 1. The molecule has 7 heteroatoms. The summed E-state index contributed by atoms with van der Waals surface area (Å²) in [5.74, 6) is 1.87. The van der Waals surface area contributed by atoms with Gasteiger partial charge in [0.15, 0.2) is 11.5 Å². The minimum Gasteiger partial charge on any atom is -0.493 e. The quantitative estimate of drug-likeness (QED) is 0.609. The first-order valence-electron chi connectivity index (χ1n) is 12.5. The highest BCUT2D eigenvalue weighted by atomic mass is 16.5. The number of aromatic nitrogens is 1. The number of rotatable bonds is 9. The summed E-state index contributed by atoms with van der Waals surface area (Å²) in [7, 11) is 3.36. The maximum absolute atomic E-state index is 13.0. The van der Waals surface area contributed by atoms with E-state index in [4.69, 9.17) is 14.5 Å². The Labute approximate surface area is 203 Å². The van der Waals surface area contributed by atoms with Crippen LogP contribution in [0, 0.1) is 6.92 Å². The van der Waals surface area contributed by atoms with E-state index >= 15 is 0 Å². The summed E-state index contributed by atoms with van der Waals surface area (Å²) >= 11 is 0. The summed E-state index contributed by atoms with van der Waals surface area (Å²) < 4.78 is 11.1. The van der Waals surface area contributed by atoms with Crippen LogP contribution in [0.3, 0.4) is 0 Å². The van der Waals surface area contributed by atoms with Crippen LogP contribution in [0.5, 0.6) is 11.5 Å². The molecule has 4 rings (SSSR count). The van der Waals surface area contributed by atoms with Crippen LogP contribution in [-0.2, 0) is 6.54 Å². The van der Waals surface area contributed by atoms with Crippen LogP contribution in [0.1, 0.15) is 58.9 Å². The lowest BCUT2D eigenvalue weighted by Crippen LogP contribution is -2.35. The second-order valence-electron chi connectivity index (χ2n) is 9.39. The summed E-state index contributed by atoms with van der Waals surface area (Å²) in [6.07, 6.45) is 4.50. The van der Waals surface area contributed by atoms with E-state index in [-0.39, 0.29) is 5.91 Å². The topological polar surface area (TPSA) is 66.9 Å². The van der Waals surface area contributed by atoms with E-state index < -0.39 is 0 Å². The van der Waals surface area contributed by atoms with Crippen molar-refractivity contribution in [3.8, 4) is 11.5 Å². The molecule has 0 radical (unpaired) electrons. The minimum atomic E-state index is 0.00486. The van der Waals surface area contributed by atoms with Gasteiger partial charge >= 0.3 is 0 Å². The number of amides is 1. The molecule has 0 unspecified atom stereocenters. The van der Waals surface area contributed by atoms with Crippen molar-refractivity contribution in [3.63, 3.8) is 0 Å². The number of nitrogens with one attached hydrogen (secondary N) is 1. The van der Waals surface area contributed by atoms with Gasteiger partial charge in [-0.2, -0.15) is 0 Å². The Morgan fingerprint density at radius 3 is 2.50 bits per heavy atom. The molecular weight excluding hydrogens is 428 g/mol. The summed E-state index contributed by atoms with van der Waals surface area (Å²) in [4.78, 5) is 22.7. The van der Waals surface area contributed by atoms with Crippen molar-refractivity contribution < 1.29 is 14.3 Å². The predicted octanol–water partition coefficient (Wildman–Crippen LogP) is 3.61. The van der Waals surface area contributed by atoms with Crippen LogP contribution in [0.25, 0.3) is 0 Å². The van der Waals surface area contributed by atoms with Gasteiger partial charge in [0.25, 0.3) is 5.91 Å². The lowest BCUT2D eigenvalue weighted by molar-refractivity contribution is 0.0946. The number of hydrogen-bond donors (Lipinski definition) is 1. The van der Waals surface area contributed by atoms with Crippen molar-refractivity contribution in [2.24, 2.45) is 0 Å². The van der Waals surface area contributed by atoms with Crippen molar-refractivity contribution in [2.45, 2.75) is 45.1 Å². The van der Waals surface area contributed by atoms with E-state index in [9.17, 15) is 4.79 Å². The zero-order valence-electron chi connectivity index (χ0n) is 20.8. The number of aryl methyl sites for hydroxylation is 1. The van der Waals surface area contributed by atoms with Gasteiger partial charge in [0.05, 0.1) is 25.5 Å². The van der Waals surface area contributed by atoms with E-state index in [0.29, 0.717) is 12.5 Å². The molecule has 1 amide bonds. The van der Waals surface area contributed by atoms with Crippen LogP contribution in [-0.4, -0.2) is 74.2 Å². The molecule has 34 heavy (non-hydrogen) atoms. The highest BCUT2D eigenvalue weighted by Gasteiger charge is 2.27. The molecule has 1 N–H and O–H groups in total. The average Bonchev–Trinajstić information content (AvgIpc) is 3.37. The highest BCUT2D eigenvalue weighted by molar-refractivity contribution is 5.95. The lowest BCUT2D eigenvalue weighted by atomic mass is 9.89. The molecule has 2 aliphatic heterocycles. The van der Waals surface area contributed by atoms with E-state index in [0.717, 1.165) is 86.1 Å². The molecule has 0 bridgehead atoms. The van der Waals surface area contributed by atoms with E-state index in [2.05, 4.69) is 21.2 Å². The number of carbonyl (C=O) groups excluding carboxylic acids is 1. The van der Waals surface area contributed by atoms with Gasteiger partial charge in [-0.1, -0.05) is 12.1 Å². The standard InChI is InChI=1S/C27H38N4O3/c1-20-9-10-23(27(32)28-13-18-30-14-4-5-15-30)25(29-20)21-11-16-31(17-12-21)19-22-7-6-8-24(33-2)26(22)34-3/h6-10,21H,4-5,11-19H2,1-3H3,(H,28,32). The van der Waals surface area contributed by atoms with Crippen LogP contribution in [0.2, 0.25) is 0 Å². The lowest BCUT2D eigenvalue weighted by Gasteiger charge is -2.32. The minimum absolute atomic E-state index is 0.00486. The van der Waals surface area contributed by atoms with Gasteiger partial charge in [0.2, 0.25) is 0 Å². The molecule has 0 saturated carbocycles. The van der Waals surface area contributed by atoms with Crippen LogP contribution >= 0.6 is 0 Å². The van der Waals surface area contributed by atoms with Crippen molar-refractivity contribution >= 4 is 5.91 Å². The molecular formula is C27H38N4O3. The van der Waals surface area contributed by atoms with Crippen molar-refractivity contribution in [1.29, 1.82) is 0 Å². The summed E-state index contributed by atoms with van der Waals surface area (Å²) in [5.41, 5.74) is 3.79. The van der Waals surface area contributed by atoms with Crippen molar-refractivity contribution in [1.82, 2.24) is 20.1 Å². The number of pyridine rings is 1. The third-order valence-corrected chi connectivity index (χ3v) is 7.07. The first-order chi connectivity index (χ1) is 16.6. The molecule has 0 spiro atoms. The van der Waals surface area contributed by atoms with E-state index in [1.54, 1.807) is 14.2 Å². The van der Waals surface area contributed by atoms with Gasteiger partial charge < -0.3 is 19.7 Å². The fourth-order valence-corrected chi connectivity index (χ4v) is 5.19. The molecule has 0 aliphatic carbocycles. The molecule has 1 aromatic heterocycles. The van der Waals surface area contributed by atoms with Gasteiger partial charge in [0, 0.05) is 36.8 Å². The van der Waals surface area contributed by atoms with Gasteiger partial charge in [-0.15, -0.1) is 0 Å². The van der Waals surface area contributed by atoms with Gasteiger partial charge in [-0.05, 0) is 77.0 Å². The molecule has 7 nitrogen and oxygen atoms in total. The average molecular weight is 467 g/mol. The maximum atomic E-state index is 13.0. The summed E-state index contributed by atoms with van der Waals surface area (Å²) in [6.45, 7) is 8.63.